The van der Waals surface area contributed by atoms with Gasteiger partial charge in [0, 0.05) is 18.4 Å². The van der Waals surface area contributed by atoms with Crippen LogP contribution in [-0.2, 0) is 9.53 Å². The maximum absolute atomic E-state index is 12.3. The molecule has 0 unspecified atom stereocenters. The molecule has 1 aromatic rings. The van der Waals surface area contributed by atoms with E-state index >= 15 is 0 Å². The number of ketones is 1. The largest absolute Gasteiger partial charge is 0.450 e. The number of piperidine rings is 2. The van der Waals surface area contributed by atoms with Crippen LogP contribution in [0.25, 0.3) is 0 Å². The number of ether oxygens (including phenoxy) is 1. The van der Waals surface area contributed by atoms with Crippen LogP contribution >= 0.6 is 0 Å². The third kappa shape index (κ3) is 2.09. The summed E-state index contributed by atoms with van der Waals surface area (Å²) in [5.74, 6) is 0.211. The molecular weight excluding hydrogens is 254 g/mol. The van der Waals surface area contributed by atoms with Crippen LogP contribution in [0.2, 0.25) is 0 Å². The molecule has 0 N–H and O–H groups in total. The fourth-order valence-electron chi connectivity index (χ4n) is 3.51. The van der Waals surface area contributed by atoms with Gasteiger partial charge in [0.1, 0.15) is 5.78 Å². The molecule has 1 aromatic carbocycles. The predicted molar refractivity (Wildman–Crippen MR) is 74.2 cm³/mol. The number of hydrogen-bond acceptors (Lipinski definition) is 3. The minimum absolute atomic E-state index is 0.00300. The lowest BCUT2D eigenvalue weighted by atomic mass is 9.72. The molecule has 1 saturated carbocycles. The third-order valence-electron chi connectivity index (χ3n) is 4.36. The number of carbonyl (C=O) groups is 2. The van der Waals surface area contributed by atoms with Gasteiger partial charge in [-0.25, -0.2) is 4.79 Å². The number of amides is 1. The fourth-order valence-corrected chi connectivity index (χ4v) is 3.51. The van der Waals surface area contributed by atoms with Crippen LogP contribution in [0.1, 0.15) is 37.8 Å². The highest BCUT2D eigenvalue weighted by molar-refractivity contribution is 5.86. The second kappa shape index (κ2) is 5.27. The number of carbonyl (C=O) groups excluding carboxylic acids is 2. The summed E-state index contributed by atoms with van der Waals surface area (Å²) in [6.45, 7) is 2.17. The highest BCUT2D eigenvalue weighted by Crippen LogP contribution is 2.45. The molecule has 2 aliphatic heterocycles. The maximum Gasteiger partial charge on any atom is 0.410 e. The zero-order valence-electron chi connectivity index (χ0n) is 11.6. The average Bonchev–Trinajstić information content (AvgIpc) is 2.48. The smallest absolute Gasteiger partial charge is 0.410 e. The lowest BCUT2D eigenvalue weighted by Gasteiger charge is -2.49. The second-order valence-electron chi connectivity index (χ2n) is 5.47. The Labute approximate surface area is 118 Å². The second-order valence-corrected chi connectivity index (χ2v) is 5.47. The Morgan fingerprint density at radius 2 is 2.05 bits per heavy atom. The van der Waals surface area contributed by atoms with Crippen molar-refractivity contribution in [3.63, 3.8) is 0 Å². The SMILES string of the molecule is CCOC(=O)N1[C@H]2CC[C@H](C(=O)C2)[C@H]1c1ccccc1. The van der Waals surface area contributed by atoms with Gasteiger partial charge in [-0.3, -0.25) is 9.69 Å². The first-order valence-corrected chi connectivity index (χ1v) is 7.25. The molecule has 0 radical (unpaired) electrons. The number of hydrogen-bond donors (Lipinski definition) is 0. The molecular formula is C16H19NO3. The number of benzene rings is 1. The van der Waals surface area contributed by atoms with Gasteiger partial charge in [0.05, 0.1) is 12.6 Å². The number of fused-ring (bicyclic) bond motifs is 3. The van der Waals surface area contributed by atoms with E-state index < -0.39 is 0 Å². The van der Waals surface area contributed by atoms with E-state index in [4.69, 9.17) is 4.74 Å². The van der Waals surface area contributed by atoms with Gasteiger partial charge >= 0.3 is 6.09 Å². The Hall–Kier alpha value is -1.84. The van der Waals surface area contributed by atoms with Crippen LogP contribution in [0.4, 0.5) is 4.79 Å². The van der Waals surface area contributed by atoms with Gasteiger partial charge in [0.2, 0.25) is 0 Å². The Balaban J connectivity index is 1.97. The van der Waals surface area contributed by atoms with E-state index in [1.54, 1.807) is 4.90 Å². The van der Waals surface area contributed by atoms with E-state index in [9.17, 15) is 9.59 Å². The Bertz CT molecular complexity index is 514. The van der Waals surface area contributed by atoms with E-state index in [0.29, 0.717) is 13.0 Å². The number of rotatable bonds is 2. The molecule has 2 heterocycles. The van der Waals surface area contributed by atoms with Crippen molar-refractivity contribution in [3.05, 3.63) is 35.9 Å². The van der Waals surface area contributed by atoms with E-state index in [0.717, 1.165) is 18.4 Å². The summed E-state index contributed by atoms with van der Waals surface area (Å²) in [6.07, 6.45) is 1.97. The third-order valence-corrected chi connectivity index (χ3v) is 4.36. The predicted octanol–water partition coefficient (Wildman–Crippen LogP) is 2.94. The average molecular weight is 273 g/mol. The summed E-state index contributed by atoms with van der Waals surface area (Å²) in [7, 11) is 0. The van der Waals surface area contributed by atoms with Crippen molar-refractivity contribution in [2.24, 2.45) is 5.92 Å². The van der Waals surface area contributed by atoms with Gasteiger partial charge in [-0.1, -0.05) is 30.3 Å². The molecule has 1 aliphatic carbocycles. The van der Waals surface area contributed by atoms with Crippen LogP contribution < -0.4 is 0 Å². The summed E-state index contributed by atoms with van der Waals surface area (Å²) in [5, 5.41) is 0. The van der Waals surface area contributed by atoms with Crippen molar-refractivity contribution in [1.29, 1.82) is 0 Å². The topological polar surface area (TPSA) is 46.6 Å². The van der Waals surface area contributed by atoms with Crippen LogP contribution in [0.5, 0.6) is 0 Å². The molecule has 0 aromatic heterocycles. The molecule has 2 saturated heterocycles. The number of nitrogens with zero attached hydrogens (tertiary/aromatic N) is 1. The van der Waals surface area contributed by atoms with Crippen LogP contribution in [-0.4, -0.2) is 29.4 Å². The quantitative estimate of drug-likeness (QED) is 0.832. The monoisotopic (exact) mass is 273 g/mol. The van der Waals surface area contributed by atoms with E-state index in [1.165, 1.54) is 0 Å². The van der Waals surface area contributed by atoms with E-state index in [2.05, 4.69) is 0 Å². The first-order chi connectivity index (χ1) is 9.72. The summed E-state index contributed by atoms with van der Waals surface area (Å²) < 4.78 is 5.20. The van der Waals surface area contributed by atoms with Gasteiger partial charge < -0.3 is 4.74 Å². The molecule has 4 heteroatoms. The molecule has 20 heavy (non-hydrogen) atoms. The van der Waals surface area contributed by atoms with Crippen molar-refractivity contribution in [1.82, 2.24) is 4.90 Å². The van der Waals surface area contributed by atoms with Gasteiger partial charge in [0.15, 0.2) is 0 Å². The van der Waals surface area contributed by atoms with Gasteiger partial charge in [-0.2, -0.15) is 0 Å². The Kier molecular flexibility index (Phi) is 3.47. The molecule has 4 rings (SSSR count). The molecule has 2 bridgehead atoms. The highest BCUT2D eigenvalue weighted by Gasteiger charge is 2.49. The van der Waals surface area contributed by atoms with Gasteiger partial charge in [-0.15, -0.1) is 0 Å². The first-order valence-electron chi connectivity index (χ1n) is 7.25. The summed E-state index contributed by atoms with van der Waals surface area (Å²) in [4.78, 5) is 26.3. The molecule has 3 fully saturated rings. The summed E-state index contributed by atoms with van der Waals surface area (Å²) in [6, 6.07) is 9.67. The molecule has 3 aliphatic rings. The first kappa shape index (κ1) is 13.2. The van der Waals surface area contributed by atoms with Crippen molar-refractivity contribution in [3.8, 4) is 0 Å². The Morgan fingerprint density at radius 3 is 2.70 bits per heavy atom. The standard InChI is InChI=1S/C16H19NO3/c1-2-20-16(19)17-12-8-9-13(14(18)10-12)15(17)11-6-4-3-5-7-11/h3-7,12-13,15H,2,8-10H2,1H3/t12-,13+,15+/m0/s1. The minimum atomic E-state index is -0.288. The molecule has 4 nitrogen and oxygen atoms in total. The zero-order valence-corrected chi connectivity index (χ0v) is 11.6. The van der Waals surface area contributed by atoms with Crippen molar-refractivity contribution < 1.29 is 14.3 Å². The van der Waals surface area contributed by atoms with Crippen LogP contribution in [0.15, 0.2) is 30.3 Å². The zero-order chi connectivity index (χ0) is 14.1. The lowest BCUT2D eigenvalue weighted by molar-refractivity contribution is -0.136. The number of Topliss-reactive ketones (excluding diaryl/α,β-unsaturated/α-hetero) is 1. The van der Waals surface area contributed by atoms with Gasteiger partial charge in [0.25, 0.3) is 0 Å². The van der Waals surface area contributed by atoms with Gasteiger partial charge in [-0.05, 0) is 25.3 Å². The normalized spacial score (nSPS) is 28.6. The minimum Gasteiger partial charge on any atom is -0.450 e. The molecule has 0 spiro atoms. The van der Waals surface area contributed by atoms with E-state index in [-0.39, 0.29) is 29.9 Å². The highest BCUT2D eigenvalue weighted by atomic mass is 16.6. The lowest BCUT2D eigenvalue weighted by Crippen LogP contribution is -2.56. The van der Waals surface area contributed by atoms with Crippen LogP contribution in [0, 0.1) is 5.92 Å². The molecule has 106 valence electrons. The maximum atomic E-state index is 12.3. The molecule has 1 amide bonds. The molecule has 3 atom stereocenters. The Morgan fingerprint density at radius 1 is 1.30 bits per heavy atom. The van der Waals surface area contributed by atoms with Crippen molar-refractivity contribution in [2.45, 2.75) is 38.3 Å². The van der Waals surface area contributed by atoms with Crippen molar-refractivity contribution in [2.75, 3.05) is 6.61 Å². The van der Waals surface area contributed by atoms with Crippen LogP contribution in [0.3, 0.4) is 0 Å². The van der Waals surface area contributed by atoms with Crippen molar-refractivity contribution >= 4 is 11.9 Å². The summed E-state index contributed by atoms with van der Waals surface area (Å²) >= 11 is 0. The fraction of sp³-hybridized carbons (Fsp3) is 0.500. The summed E-state index contributed by atoms with van der Waals surface area (Å²) in [5.41, 5.74) is 1.03. The van der Waals surface area contributed by atoms with E-state index in [1.807, 2.05) is 37.3 Å².